The molecular formula is C18H17BrN2O3. The van der Waals surface area contributed by atoms with Crippen LogP contribution in [0.3, 0.4) is 0 Å². The molecule has 2 aromatic rings. The summed E-state index contributed by atoms with van der Waals surface area (Å²) in [4.78, 5) is 24.3. The zero-order valence-electron chi connectivity index (χ0n) is 13.4. The summed E-state index contributed by atoms with van der Waals surface area (Å²) in [5.41, 5.74) is 1.36. The quantitative estimate of drug-likeness (QED) is 0.327. The van der Waals surface area contributed by atoms with Gasteiger partial charge in [-0.25, -0.2) is 4.79 Å². The Morgan fingerprint density at radius 1 is 1.08 bits per heavy atom. The number of hydrogen-bond donors (Lipinski definition) is 0. The zero-order chi connectivity index (χ0) is 17.5. The van der Waals surface area contributed by atoms with Crippen LogP contribution in [0.1, 0.15) is 16.8 Å². The topological polar surface area (TPSA) is 59.0 Å². The molecule has 0 aromatic heterocycles. The number of ether oxygens (including phenoxy) is 1. The lowest BCUT2D eigenvalue weighted by atomic mass is 10.1. The molecule has 0 unspecified atom stereocenters. The summed E-state index contributed by atoms with van der Waals surface area (Å²) in [5.74, 6) is -0.813. The molecular weight excluding hydrogens is 372 g/mol. The van der Waals surface area contributed by atoms with Crippen molar-refractivity contribution < 1.29 is 14.3 Å². The standard InChI is InChI=1S/C18H17BrN2O3/c1-21(15-10-8-14(19)9-11-15)20-16(18(23)24-2)12-17(22)13-6-4-3-5-7-13/h3-11H,12H2,1-2H3/b20-16-. The number of nitrogens with zero attached hydrogens (tertiary/aromatic N) is 2. The van der Waals surface area contributed by atoms with Gasteiger partial charge in [0, 0.05) is 17.1 Å². The zero-order valence-corrected chi connectivity index (χ0v) is 15.0. The normalized spacial score (nSPS) is 11.0. The summed E-state index contributed by atoms with van der Waals surface area (Å²) in [7, 11) is 2.98. The number of carbonyl (C=O) groups is 2. The highest BCUT2D eigenvalue weighted by Gasteiger charge is 2.19. The van der Waals surface area contributed by atoms with Crippen molar-refractivity contribution in [1.29, 1.82) is 0 Å². The van der Waals surface area contributed by atoms with Crippen molar-refractivity contribution in [3.63, 3.8) is 0 Å². The molecule has 124 valence electrons. The molecule has 2 rings (SSSR count). The molecule has 0 atom stereocenters. The van der Waals surface area contributed by atoms with E-state index in [1.807, 2.05) is 30.3 Å². The molecule has 0 aliphatic rings. The van der Waals surface area contributed by atoms with Crippen molar-refractivity contribution in [2.24, 2.45) is 5.10 Å². The van der Waals surface area contributed by atoms with E-state index in [0.29, 0.717) is 5.56 Å². The number of hydrogen-bond acceptors (Lipinski definition) is 5. The van der Waals surface area contributed by atoms with Crippen LogP contribution in [0.25, 0.3) is 0 Å². The van der Waals surface area contributed by atoms with Crippen LogP contribution < -0.4 is 5.01 Å². The fourth-order valence-electron chi connectivity index (χ4n) is 2.04. The second-order valence-electron chi connectivity index (χ2n) is 5.00. The summed E-state index contributed by atoms with van der Waals surface area (Å²) in [6, 6.07) is 16.2. The van der Waals surface area contributed by atoms with E-state index in [4.69, 9.17) is 4.74 Å². The number of rotatable bonds is 6. The van der Waals surface area contributed by atoms with Crippen LogP contribution >= 0.6 is 15.9 Å². The van der Waals surface area contributed by atoms with Crippen molar-refractivity contribution in [2.75, 3.05) is 19.2 Å². The molecule has 0 spiro atoms. The van der Waals surface area contributed by atoms with E-state index >= 15 is 0 Å². The van der Waals surface area contributed by atoms with Gasteiger partial charge in [0.25, 0.3) is 0 Å². The summed E-state index contributed by atoms with van der Waals surface area (Å²) in [6.07, 6.45) is -0.127. The predicted molar refractivity (Wildman–Crippen MR) is 97.4 cm³/mol. The Kier molecular flexibility index (Phi) is 6.26. The van der Waals surface area contributed by atoms with Gasteiger partial charge in [0.15, 0.2) is 11.5 Å². The SMILES string of the molecule is COC(=O)/C(CC(=O)c1ccccc1)=N\N(C)c1ccc(Br)cc1. The summed E-state index contributed by atoms with van der Waals surface area (Å²) in [6.45, 7) is 0. The Morgan fingerprint density at radius 2 is 1.71 bits per heavy atom. The fourth-order valence-corrected chi connectivity index (χ4v) is 2.30. The minimum absolute atomic E-state index is 0.0526. The summed E-state index contributed by atoms with van der Waals surface area (Å²) >= 11 is 3.37. The van der Waals surface area contributed by atoms with Gasteiger partial charge in [-0.3, -0.25) is 9.80 Å². The largest absolute Gasteiger partial charge is 0.464 e. The third-order valence-electron chi connectivity index (χ3n) is 3.32. The smallest absolute Gasteiger partial charge is 0.354 e. The second kappa shape index (κ2) is 8.40. The van der Waals surface area contributed by atoms with Crippen LogP contribution in [0, 0.1) is 0 Å². The van der Waals surface area contributed by atoms with Crippen LogP contribution in [0.2, 0.25) is 0 Å². The number of Topliss-reactive ketones (excluding diaryl/α,β-unsaturated/α-hetero) is 1. The first-order valence-corrected chi connectivity index (χ1v) is 8.04. The monoisotopic (exact) mass is 388 g/mol. The molecule has 6 heteroatoms. The van der Waals surface area contributed by atoms with Gasteiger partial charge in [0.2, 0.25) is 0 Å². The maximum Gasteiger partial charge on any atom is 0.354 e. The maximum absolute atomic E-state index is 12.3. The van der Waals surface area contributed by atoms with E-state index in [1.165, 1.54) is 12.1 Å². The van der Waals surface area contributed by atoms with Crippen molar-refractivity contribution >= 4 is 39.1 Å². The highest BCUT2D eigenvalue weighted by Crippen LogP contribution is 2.18. The number of carbonyl (C=O) groups excluding carboxylic acids is 2. The van der Waals surface area contributed by atoms with Crippen molar-refractivity contribution in [3.05, 3.63) is 64.6 Å². The van der Waals surface area contributed by atoms with Crippen molar-refractivity contribution in [3.8, 4) is 0 Å². The number of anilines is 1. The number of hydrazone groups is 1. The van der Waals surface area contributed by atoms with Crippen LogP contribution in [-0.4, -0.2) is 31.6 Å². The van der Waals surface area contributed by atoms with Gasteiger partial charge in [-0.1, -0.05) is 46.3 Å². The molecule has 0 saturated heterocycles. The minimum Gasteiger partial charge on any atom is -0.464 e. The van der Waals surface area contributed by atoms with Crippen LogP contribution in [0.15, 0.2) is 64.2 Å². The van der Waals surface area contributed by atoms with Gasteiger partial charge >= 0.3 is 5.97 Å². The summed E-state index contributed by atoms with van der Waals surface area (Å²) in [5, 5.41) is 5.79. The van der Waals surface area contributed by atoms with Gasteiger partial charge in [0.1, 0.15) is 0 Å². The van der Waals surface area contributed by atoms with E-state index in [0.717, 1.165) is 10.2 Å². The molecule has 0 saturated carbocycles. The number of benzene rings is 2. The van der Waals surface area contributed by atoms with E-state index in [9.17, 15) is 9.59 Å². The van der Waals surface area contributed by atoms with Crippen molar-refractivity contribution in [2.45, 2.75) is 6.42 Å². The van der Waals surface area contributed by atoms with Gasteiger partial charge in [-0.05, 0) is 24.3 Å². The number of ketones is 1. The highest BCUT2D eigenvalue weighted by molar-refractivity contribution is 9.10. The molecule has 2 aromatic carbocycles. The Morgan fingerprint density at radius 3 is 2.29 bits per heavy atom. The first-order chi connectivity index (χ1) is 11.5. The lowest BCUT2D eigenvalue weighted by molar-refractivity contribution is -0.132. The van der Waals surface area contributed by atoms with E-state index in [2.05, 4.69) is 21.0 Å². The van der Waals surface area contributed by atoms with Crippen LogP contribution in [0.4, 0.5) is 5.69 Å². The van der Waals surface area contributed by atoms with E-state index in [-0.39, 0.29) is 17.9 Å². The lowest BCUT2D eigenvalue weighted by Gasteiger charge is -2.15. The Bertz CT molecular complexity index is 743. The Hall–Kier alpha value is -2.47. The fraction of sp³-hybridized carbons (Fsp3) is 0.167. The molecule has 0 N–H and O–H groups in total. The first kappa shape index (κ1) is 17.9. The molecule has 0 aliphatic carbocycles. The molecule has 0 bridgehead atoms. The molecule has 0 heterocycles. The van der Waals surface area contributed by atoms with E-state index in [1.54, 1.807) is 31.3 Å². The van der Waals surface area contributed by atoms with Gasteiger partial charge in [0.05, 0.1) is 19.2 Å². The lowest BCUT2D eigenvalue weighted by Crippen LogP contribution is -2.24. The minimum atomic E-state index is -0.622. The Labute approximate surface area is 149 Å². The Balaban J connectivity index is 2.22. The second-order valence-corrected chi connectivity index (χ2v) is 5.92. The van der Waals surface area contributed by atoms with Crippen LogP contribution in [0.5, 0.6) is 0 Å². The molecule has 24 heavy (non-hydrogen) atoms. The molecule has 0 amide bonds. The third-order valence-corrected chi connectivity index (χ3v) is 3.84. The van der Waals surface area contributed by atoms with Gasteiger partial charge in [-0.2, -0.15) is 5.10 Å². The molecule has 0 aliphatic heterocycles. The number of esters is 1. The van der Waals surface area contributed by atoms with E-state index < -0.39 is 5.97 Å². The number of halogens is 1. The third kappa shape index (κ3) is 4.76. The number of methoxy groups -OCH3 is 1. The molecule has 0 radical (unpaired) electrons. The van der Waals surface area contributed by atoms with Crippen molar-refractivity contribution in [1.82, 2.24) is 0 Å². The van der Waals surface area contributed by atoms with Gasteiger partial charge < -0.3 is 4.74 Å². The first-order valence-electron chi connectivity index (χ1n) is 7.24. The predicted octanol–water partition coefficient (Wildman–Crippen LogP) is 3.69. The highest BCUT2D eigenvalue weighted by atomic mass is 79.9. The summed E-state index contributed by atoms with van der Waals surface area (Å²) < 4.78 is 5.69. The van der Waals surface area contributed by atoms with Crippen LogP contribution in [-0.2, 0) is 9.53 Å². The average molecular weight is 389 g/mol. The maximum atomic E-state index is 12.3. The van der Waals surface area contributed by atoms with Gasteiger partial charge in [-0.15, -0.1) is 0 Å². The molecule has 0 fully saturated rings. The average Bonchev–Trinajstić information content (AvgIpc) is 2.61. The molecule has 5 nitrogen and oxygen atoms in total.